The molecule has 2 N–H and O–H groups in total. The van der Waals surface area contributed by atoms with Gasteiger partial charge in [-0.2, -0.15) is 0 Å². The molecule has 19 heavy (non-hydrogen) atoms. The summed E-state index contributed by atoms with van der Waals surface area (Å²) in [6, 6.07) is 0. The van der Waals surface area contributed by atoms with Gasteiger partial charge in [-0.05, 0) is 30.6 Å². The van der Waals surface area contributed by atoms with Crippen LogP contribution in [0.3, 0.4) is 0 Å². The van der Waals surface area contributed by atoms with Crippen LogP contribution in [0.5, 0.6) is 0 Å². The van der Waals surface area contributed by atoms with Gasteiger partial charge in [0.1, 0.15) is 5.78 Å². The van der Waals surface area contributed by atoms with Gasteiger partial charge in [0.05, 0.1) is 5.92 Å². The van der Waals surface area contributed by atoms with Crippen molar-refractivity contribution in [3.63, 3.8) is 0 Å². The molecule has 0 amide bonds. The van der Waals surface area contributed by atoms with Gasteiger partial charge in [-0.25, -0.2) is 4.79 Å². The number of aliphatic hydroxyl groups excluding tert-OH is 1. The SMILES string of the molecule is C[C@H]1CCC[C@]2(C)C(=O)[C@H](C(O)C(=O)O)CC[C@]12C. The highest BCUT2D eigenvalue weighted by Gasteiger charge is 2.59. The summed E-state index contributed by atoms with van der Waals surface area (Å²) in [6.07, 6.45) is 2.72. The molecule has 0 radical (unpaired) electrons. The van der Waals surface area contributed by atoms with Crippen LogP contribution in [0.2, 0.25) is 0 Å². The lowest BCUT2D eigenvalue weighted by atomic mass is 9.46. The van der Waals surface area contributed by atoms with Crippen molar-refractivity contribution < 1.29 is 19.8 Å². The van der Waals surface area contributed by atoms with E-state index in [0.717, 1.165) is 25.7 Å². The number of hydrogen-bond donors (Lipinski definition) is 2. The summed E-state index contributed by atoms with van der Waals surface area (Å²) in [7, 11) is 0. The van der Waals surface area contributed by atoms with Crippen molar-refractivity contribution in [1.29, 1.82) is 0 Å². The molecule has 108 valence electrons. The normalized spacial score (nSPS) is 44.5. The van der Waals surface area contributed by atoms with Crippen molar-refractivity contribution in [3.05, 3.63) is 0 Å². The predicted molar refractivity (Wildman–Crippen MR) is 70.6 cm³/mol. The lowest BCUT2D eigenvalue weighted by Gasteiger charge is -2.57. The number of aliphatic carboxylic acids is 1. The maximum Gasteiger partial charge on any atom is 0.333 e. The van der Waals surface area contributed by atoms with E-state index in [2.05, 4.69) is 13.8 Å². The van der Waals surface area contributed by atoms with Gasteiger partial charge in [0.15, 0.2) is 6.10 Å². The Morgan fingerprint density at radius 2 is 1.95 bits per heavy atom. The Labute approximate surface area is 114 Å². The van der Waals surface area contributed by atoms with E-state index in [0.29, 0.717) is 12.3 Å². The molecule has 0 aromatic rings. The molecule has 0 aromatic carbocycles. The highest BCUT2D eigenvalue weighted by atomic mass is 16.4. The van der Waals surface area contributed by atoms with E-state index < -0.39 is 23.4 Å². The lowest BCUT2D eigenvalue weighted by molar-refractivity contribution is -0.169. The molecule has 4 nitrogen and oxygen atoms in total. The van der Waals surface area contributed by atoms with Gasteiger partial charge in [-0.3, -0.25) is 4.79 Å². The van der Waals surface area contributed by atoms with Crippen LogP contribution >= 0.6 is 0 Å². The van der Waals surface area contributed by atoms with E-state index in [1.54, 1.807) is 0 Å². The molecule has 2 rings (SSSR count). The Hall–Kier alpha value is -0.900. The summed E-state index contributed by atoms with van der Waals surface area (Å²) in [5, 5.41) is 18.7. The van der Waals surface area contributed by atoms with E-state index in [1.165, 1.54) is 0 Å². The third-order valence-electron chi connectivity index (χ3n) is 6.15. The molecule has 2 aliphatic rings. The fourth-order valence-corrected chi connectivity index (χ4v) is 4.31. The first-order valence-corrected chi connectivity index (χ1v) is 7.19. The van der Waals surface area contributed by atoms with Crippen molar-refractivity contribution in [3.8, 4) is 0 Å². The minimum atomic E-state index is -1.55. The molecule has 0 bridgehead atoms. The van der Waals surface area contributed by atoms with Crippen LogP contribution in [0.4, 0.5) is 0 Å². The third kappa shape index (κ3) is 1.92. The fraction of sp³-hybridized carbons (Fsp3) is 0.867. The third-order valence-corrected chi connectivity index (χ3v) is 6.15. The Bertz CT molecular complexity index is 405. The van der Waals surface area contributed by atoms with E-state index in [1.807, 2.05) is 6.92 Å². The number of hydrogen-bond acceptors (Lipinski definition) is 3. The molecule has 0 aromatic heterocycles. The Kier molecular flexibility index (Phi) is 3.50. The minimum Gasteiger partial charge on any atom is -0.479 e. The number of carboxylic acid groups (broad SMARTS) is 1. The standard InChI is InChI=1S/C15H24O4/c1-9-5-4-7-15(3)12(17)10(11(16)13(18)19)6-8-14(9,15)2/h9-11,16H,4-8H2,1-3H3,(H,18,19)/t9-,10-,11?,14+,15+/m0/s1. The summed E-state index contributed by atoms with van der Waals surface area (Å²) in [5.41, 5.74) is -0.541. The highest BCUT2D eigenvalue weighted by Crippen LogP contribution is 2.60. The number of ketones is 1. The molecule has 2 aliphatic carbocycles. The lowest BCUT2D eigenvalue weighted by Crippen LogP contribution is -2.58. The van der Waals surface area contributed by atoms with Crippen LogP contribution in [0.15, 0.2) is 0 Å². The quantitative estimate of drug-likeness (QED) is 0.805. The van der Waals surface area contributed by atoms with Gasteiger partial charge in [-0.15, -0.1) is 0 Å². The van der Waals surface area contributed by atoms with Gasteiger partial charge >= 0.3 is 5.97 Å². The summed E-state index contributed by atoms with van der Waals surface area (Å²) in [6.45, 7) is 6.34. The van der Waals surface area contributed by atoms with Crippen molar-refractivity contribution in [2.24, 2.45) is 22.7 Å². The fourth-order valence-electron chi connectivity index (χ4n) is 4.31. The number of carboxylic acids is 1. The molecule has 4 heteroatoms. The molecule has 1 unspecified atom stereocenters. The number of carbonyl (C=O) groups is 2. The molecule has 2 fully saturated rings. The minimum absolute atomic E-state index is 0.0392. The summed E-state index contributed by atoms with van der Waals surface area (Å²) in [5.74, 6) is -1.59. The Morgan fingerprint density at radius 3 is 2.53 bits per heavy atom. The molecule has 5 atom stereocenters. The smallest absolute Gasteiger partial charge is 0.333 e. The van der Waals surface area contributed by atoms with Crippen LogP contribution in [0.1, 0.15) is 52.9 Å². The first-order chi connectivity index (χ1) is 8.74. The van der Waals surface area contributed by atoms with Gasteiger partial charge in [-0.1, -0.05) is 33.6 Å². The highest BCUT2D eigenvalue weighted by molar-refractivity contribution is 5.92. The molecule has 0 heterocycles. The maximum atomic E-state index is 12.8. The van der Waals surface area contributed by atoms with Gasteiger partial charge in [0, 0.05) is 5.41 Å². The number of Topliss-reactive ketones (excluding diaryl/α,β-unsaturated/α-hetero) is 1. The topological polar surface area (TPSA) is 74.6 Å². The second-order valence-corrected chi connectivity index (χ2v) is 6.84. The summed E-state index contributed by atoms with van der Waals surface area (Å²) in [4.78, 5) is 23.7. The van der Waals surface area contributed by atoms with Crippen molar-refractivity contribution in [1.82, 2.24) is 0 Å². The van der Waals surface area contributed by atoms with Gasteiger partial charge < -0.3 is 10.2 Å². The predicted octanol–water partition coefficient (Wildman–Crippen LogP) is 2.24. The average molecular weight is 268 g/mol. The maximum absolute atomic E-state index is 12.8. The molecule has 0 spiro atoms. The Morgan fingerprint density at radius 1 is 1.32 bits per heavy atom. The van der Waals surface area contributed by atoms with Crippen LogP contribution in [0.25, 0.3) is 0 Å². The second-order valence-electron chi connectivity index (χ2n) is 6.84. The number of carbonyl (C=O) groups excluding carboxylic acids is 1. The number of fused-ring (bicyclic) bond motifs is 1. The Balaban J connectivity index is 2.33. The van der Waals surface area contributed by atoms with E-state index in [9.17, 15) is 14.7 Å². The van der Waals surface area contributed by atoms with Crippen molar-refractivity contribution in [2.45, 2.75) is 59.0 Å². The number of rotatable bonds is 2. The molecular weight excluding hydrogens is 244 g/mol. The molecular formula is C15H24O4. The monoisotopic (exact) mass is 268 g/mol. The van der Waals surface area contributed by atoms with E-state index in [-0.39, 0.29) is 11.2 Å². The zero-order valence-electron chi connectivity index (χ0n) is 12.0. The van der Waals surface area contributed by atoms with Crippen molar-refractivity contribution in [2.75, 3.05) is 0 Å². The molecule has 2 saturated carbocycles. The van der Waals surface area contributed by atoms with Crippen LogP contribution < -0.4 is 0 Å². The first-order valence-electron chi connectivity index (χ1n) is 7.19. The summed E-state index contributed by atoms with van der Waals surface area (Å²) < 4.78 is 0. The largest absolute Gasteiger partial charge is 0.479 e. The van der Waals surface area contributed by atoms with Crippen LogP contribution in [-0.2, 0) is 9.59 Å². The first kappa shape index (κ1) is 14.5. The van der Waals surface area contributed by atoms with Crippen LogP contribution in [-0.4, -0.2) is 28.1 Å². The molecule has 0 saturated heterocycles. The second kappa shape index (κ2) is 4.58. The van der Waals surface area contributed by atoms with Crippen molar-refractivity contribution >= 4 is 11.8 Å². The van der Waals surface area contributed by atoms with Crippen LogP contribution in [0, 0.1) is 22.7 Å². The van der Waals surface area contributed by atoms with Gasteiger partial charge in [0.25, 0.3) is 0 Å². The average Bonchev–Trinajstić information content (AvgIpc) is 2.34. The zero-order chi connectivity index (χ0) is 14.4. The summed E-state index contributed by atoms with van der Waals surface area (Å²) >= 11 is 0. The molecule has 0 aliphatic heterocycles. The number of aliphatic hydroxyl groups is 1. The van der Waals surface area contributed by atoms with Gasteiger partial charge in [0.2, 0.25) is 0 Å². The zero-order valence-corrected chi connectivity index (χ0v) is 12.0. The van der Waals surface area contributed by atoms with E-state index in [4.69, 9.17) is 5.11 Å². The van der Waals surface area contributed by atoms with E-state index >= 15 is 0 Å².